The van der Waals surface area contributed by atoms with Gasteiger partial charge in [-0.15, -0.1) is 0 Å². The van der Waals surface area contributed by atoms with Crippen molar-refractivity contribution < 1.29 is 17.6 Å². The fraction of sp³-hybridized carbons (Fsp3) is 0.111. The minimum atomic E-state index is -4.12. The summed E-state index contributed by atoms with van der Waals surface area (Å²) in [4.78, 5) is 13.8. The predicted octanol–water partition coefficient (Wildman–Crippen LogP) is 5.42. The first kappa shape index (κ1) is 21.8. The summed E-state index contributed by atoms with van der Waals surface area (Å²) < 4.78 is 40.4. The number of allylic oxidation sites excluding steroid dienone is 9. The maximum absolute atomic E-state index is 14.9. The number of hydrogen-bond donors (Lipinski definition) is 0. The summed E-state index contributed by atoms with van der Waals surface area (Å²) in [5, 5.41) is 9.73. The highest BCUT2D eigenvalue weighted by Crippen LogP contribution is 2.49. The Hall–Kier alpha value is -4.02. The van der Waals surface area contributed by atoms with Gasteiger partial charge >= 0.3 is 0 Å². The van der Waals surface area contributed by atoms with E-state index in [9.17, 15) is 22.9 Å². The third kappa shape index (κ3) is 3.11. The van der Waals surface area contributed by atoms with Crippen molar-refractivity contribution in [1.29, 1.82) is 5.26 Å². The molecule has 0 aliphatic carbocycles. The van der Waals surface area contributed by atoms with Gasteiger partial charge in [0.25, 0.3) is 0 Å². The zero-order chi connectivity index (χ0) is 24.3. The number of fused-ring (bicyclic) bond motifs is 4. The molecule has 0 fully saturated rings. The molecule has 0 saturated heterocycles. The average molecular weight is 471 g/mol. The molecule has 0 radical (unpaired) electrons. The molecule has 168 valence electrons. The lowest BCUT2D eigenvalue weighted by atomic mass is 9.82. The molecule has 2 aromatic carbocycles. The van der Waals surface area contributed by atoms with Gasteiger partial charge in [0, 0.05) is 28.6 Å². The number of hydrogen-bond acceptors (Lipinski definition) is 5. The van der Waals surface area contributed by atoms with Gasteiger partial charge < -0.3 is 4.90 Å². The number of carbonyl (C=O) groups is 1. The van der Waals surface area contributed by atoms with Gasteiger partial charge in [0.15, 0.2) is 0 Å². The number of ketones is 1. The van der Waals surface area contributed by atoms with E-state index < -0.39 is 26.4 Å². The number of carbonyl (C=O) groups excluding carboxylic acids is 1. The Morgan fingerprint density at radius 2 is 1.82 bits per heavy atom. The van der Waals surface area contributed by atoms with Crippen molar-refractivity contribution in [2.75, 3.05) is 4.90 Å². The first-order valence-electron chi connectivity index (χ1n) is 10.6. The summed E-state index contributed by atoms with van der Waals surface area (Å²) in [6.07, 6.45) is 7.03. The minimum Gasteiger partial charge on any atom is -0.320 e. The van der Waals surface area contributed by atoms with E-state index in [1.165, 1.54) is 18.2 Å². The molecular weight excluding hydrogens is 451 g/mol. The first-order valence-corrected chi connectivity index (χ1v) is 12.1. The van der Waals surface area contributed by atoms with E-state index in [4.69, 9.17) is 0 Å². The van der Waals surface area contributed by atoms with E-state index in [1.807, 2.05) is 41.4 Å². The smallest absolute Gasteiger partial charge is 0.211 e. The van der Waals surface area contributed by atoms with Crippen LogP contribution in [0.2, 0.25) is 0 Å². The van der Waals surface area contributed by atoms with Crippen LogP contribution in [0.25, 0.3) is 0 Å². The summed E-state index contributed by atoms with van der Waals surface area (Å²) in [6.45, 7) is 4.16. The molecule has 3 aliphatic rings. The molecule has 0 amide bonds. The van der Waals surface area contributed by atoms with Crippen molar-refractivity contribution in [2.24, 2.45) is 0 Å². The van der Waals surface area contributed by atoms with Crippen LogP contribution >= 0.6 is 0 Å². The monoisotopic (exact) mass is 470 g/mol. The summed E-state index contributed by atoms with van der Waals surface area (Å²) in [5.41, 5.74) is 3.33. The molecule has 0 spiro atoms. The van der Waals surface area contributed by atoms with Crippen LogP contribution in [0, 0.1) is 11.3 Å². The molecule has 3 heterocycles. The number of halogens is 1. The fourth-order valence-corrected chi connectivity index (χ4v) is 6.17. The lowest BCUT2D eigenvalue weighted by Gasteiger charge is -2.27. The zero-order valence-corrected chi connectivity index (χ0v) is 19.2. The van der Waals surface area contributed by atoms with Gasteiger partial charge in [0.05, 0.1) is 16.5 Å². The summed E-state index contributed by atoms with van der Waals surface area (Å²) >= 11 is 0. The number of rotatable bonds is 2. The van der Waals surface area contributed by atoms with E-state index in [-0.39, 0.29) is 21.4 Å². The second kappa shape index (κ2) is 7.51. The maximum atomic E-state index is 14.9. The van der Waals surface area contributed by atoms with Crippen LogP contribution < -0.4 is 4.90 Å². The van der Waals surface area contributed by atoms with Crippen LogP contribution in [0.5, 0.6) is 0 Å². The van der Waals surface area contributed by atoms with Gasteiger partial charge in [0.1, 0.15) is 10.7 Å². The lowest BCUT2D eigenvalue weighted by molar-refractivity contribution is 0.104. The molecule has 2 aromatic rings. The van der Waals surface area contributed by atoms with Crippen LogP contribution in [-0.2, 0) is 15.3 Å². The highest BCUT2D eigenvalue weighted by molar-refractivity contribution is 7.97. The number of sulfone groups is 1. The van der Waals surface area contributed by atoms with Crippen LogP contribution in [-0.4, -0.2) is 14.2 Å². The average Bonchev–Trinajstić information content (AvgIpc) is 3.17. The Bertz CT molecular complexity index is 1580. The van der Waals surface area contributed by atoms with Crippen molar-refractivity contribution in [3.05, 3.63) is 118 Å². The highest BCUT2D eigenvalue weighted by atomic mass is 32.2. The minimum absolute atomic E-state index is 0.0171. The molecule has 3 aliphatic heterocycles. The SMILES string of the molecule is CC1(C)C2=CC(=C(C#N)C=C(F)C=C3C(=O)c4ccccc4S3(=O)=O)C=CN2c2ccccc21. The summed E-state index contributed by atoms with van der Waals surface area (Å²) in [7, 11) is -4.12. The number of anilines is 1. The second-order valence-corrected chi connectivity index (χ2v) is 10.6. The van der Waals surface area contributed by atoms with Crippen LogP contribution in [0.3, 0.4) is 0 Å². The molecule has 5 nitrogen and oxygen atoms in total. The molecule has 0 bridgehead atoms. The van der Waals surface area contributed by atoms with Crippen molar-refractivity contribution >= 4 is 21.3 Å². The molecule has 5 rings (SSSR count). The number of Topliss-reactive ketones (excluding diaryl/α,β-unsaturated/α-hetero) is 1. The molecule has 0 N–H and O–H groups in total. The van der Waals surface area contributed by atoms with Crippen molar-refractivity contribution in [2.45, 2.75) is 24.2 Å². The van der Waals surface area contributed by atoms with Crippen LogP contribution in [0.1, 0.15) is 29.8 Å². The predicted molar refractivity (Wildman–Crippen MR) is 127 cm³/mol. The number of nitriles is 1. The standard InChI is InChI=1S/C27H19FN2O3S/c1-27(2)21-8-4-5-9-22(21)30-12-11-17(14-25(27)30)18(16-29)13-19(28)15-24-26(31)20-7-3-6-10-23(20)34(24,32)33/h3-15H,1-2H3. The van der Waals surface area contributed by atoms with Gasteiger partial charge in [-0.1, -0.05) is 44.2 Å². The van der Waals surface area contributed by atoms with E-state index in [2.05, 4.69) is 19.9 Å². The molecule has 34 heavy (non-hydrogen) atoms. The molecule has 0 aromatic heterocycles. The Labute approximate surface area is 197 Å². The Morgan fingerprint density at radius 3 is 2.56 bits per heavy atom. The third-order valence-corrected chi connectivity index (χ3v) is 8.17. The highest BCUT2D eigenvalue weighted by Gasteiger charge is 2.41. The molecular formula is C27H19FN2O3S. The van der Waals surface area contributed by atoms with Crippen molar-refractivity contribution in [3.63, 3.8) is 0 Å². The first-order chi connectivity index (χ1) is 16.2. The molecule has 0 atom stereocenters. The van der Waals surface area contributed by atoms with Gasteiger partial charge in [0.2, 0.25) is 15.6 Å². The molecule has 0 unspecified atom stereocenters. The van der Waals surface area contributed by atoms with Gasteiger partial charge in [-0.25, -0.2) is 12.8 Å². The third-order valence-electron chi connectivity index (χ3n) is 6.35. The van der Waals surface area contributed by atoms with Crippen LogP contribution in [0.4, 0.5) is 10.1 Å². The molecule has 7 heteroatoms. The number of nitrogens with zero attached hydrogens (tertiary/aromatic N) is 2. The maximum Gasteiger partial charge on any atom is 0.211 e. The number of benzene rings is 2. The Kier molecular flexibility index (Phi) is 4.81. The number of para-hydroxylation sites is 1. The van der Waals surface area contributed by atoms with Gasteiger partial charge in [-0.05, 0) is 53.6 Å². The van der Waals surface area contributed by atoms with E-state index >= 15 is 0 Å². The van der Waals surface area contributed by atoms with Crippen LogP contribution in [0.15, 0.2) is 112 Å². The lowest BCUT2D eigenvalue weighted by Crippen LogP contribution is -2.24. The summed E-state index contributed by atoms with van der Waals surface area (Å²) in [6, 6.07) is 15.8. The van der Waals surface area contributed by atoms with Crippen molar-refractivity contribution in [3.8, 4) is 6.07 Å². The van der Waals surface area contributed by atoms with E-state index in [0.717, 1.165) is 23.0 Å². The van der Waals surface area contributed by atoms with E-state index in [1.54, 1.807) is 12.1 Å². The zero-order valence-electron chi connectivity index (χ0n) is 18.4. The largest absolute Gasteiger partial charge is 0.320 e. The fourth-order valence-electron chi connectivity index (χ4n) is 4.60. The van der Waals surface area contributed by atoms with Gasteiger partial charge in [-0.3, -0.25) is 4.79 Å². The van der Waals surface area contributed by atoms with Crippen molar-refractivity contribution in [1.82, 2.24) is 0 Å². The summed E-state index contributed by atoms with van der Waals surface area (Å²) in [5.74, 6) is -1.75. The Morgan fingerprint density at radius 1 is 1.12 bits per heavy atom. The normalized spacial score (nSPS) is 22.1. The second-order valence-electron chi connectivity index (χ2n) is 8.70. The molecule has 0 saturated carbocycles. The topological polar surface area (TPSA) is 78.2 Å². The van der Waals surface area contributed by atoms with Gasteiger partial charge in [-0.2, -0.15) is 5.26 Å². The Balaban J connectivity index is 1.56. The van der Waals surface area contributed by atoms with E-state index in [0.29, 0.717) is 11.6 Å². The quantitative estimate of drug-likeness (QED) is 0.432.